The predicted molar refractivity (Wildman–Crippen MR) is 54.4 cm³/mol. The third-order valence-electron chi connectivity index (χ3n) is 2.81. The summed E-state index contributed by atoms with van der Waals surface area (Å²) in [6.07, 6.45) is 3.54. The molecule has 0 aromatic carbocycles. The smallest absolute Gasteiger partial charge is 0.287 e. The minimum atomic E-state index is -0.789. The van der Waals surface area contributed by atoms with Gasteiger partial charge in [-0.2, -0.15) is 0 Å². The van der Waals surface area contributed by atoms with E-state index < -0.39 is 5.60 Å². The monoisotopic (exact) mass is 209 g/mol. The maximum atomic E-state index is 11.5. The van der Waals surface area contributed by atoms with Crippen molar-refractivity contribution in [2.45, 2.75) is 25.4 Å². The largest absolute Gasteiger partial charge is 0.459 e. The molecule has 1 aliphatic carbocycles. The van der Waals surface area contributed by atoms with E-state index in [1.807, 2.05) is 0 Å². The summed E-state index contributed by atoms with van der Waals surface area (Å²) >= 11 is 0. The number of furan rings is 1. The highest BCUT2D eigenvalue weighted by molar-refractivity contribution is 5.91. The normalized spacial score (nSPS) is 19.6. The molecule has 0 spiro atoms. The molecule has 4 heteroatoms. The lowest BCUT2D eigenvalue weighted by molar-refractivity contribution is 0.0350. The van der Waals surface area contributed by atoms with Gasteiger partial charge in [0.15, 0.2) is 5.76 Å². The number of hydrogen-bond donors (Lipinski definition) is 2. The van der Waals surface area contributed by atoms with Crippen LogP contribution in [-0.4, -0.2) is 23.2 Å². The van der Waals surface area contributed by atoms with E-state index >= 15 is 0 Å². The Bertz CT molecular complexity index is 339. The van der Waals surface area contributed by atoms with E-state index in [0.717, 1.165) is 12.8 Å². The highest BCUT2D eigenvalue weighted by Crippen LogP contribution is 2.38. The van der Waals surface area contributed by atoms with Crippen molar-refractivity contribution >= 4 is 5.91 Å². The highest BCUT2D eigenvalue weighted by Gasteiger charge is 2.40. The molecule has 0 radical (unpaired) electrons. The zero-order chi connectivity index (χ0) is 10.9. The molecule has 1 aromatic heterocycles. The summed E-state index contributed by atoms with van der Waals surface area (Å²) in [5.74, 6) is 0.330. The van der Waals surface area contributed by atoms with Gasteiger partial charge in [-0.3, -0.25) is 4.79 Å². The molecule has 1 amide bonds. The van der Waals surface area contributed by atoms with Gasteiger partial charge in [-0.1, -0.05) is 0 Å². The molecule has 2 rings (SSSR count). The van der Waals surface area contributed by atoms with Gasteiger partial charge in [0, 0.05) is 6.54 Å². The molecule has 1 aliphatic rings. The first-order valence-electron chi connectivity index (χ1n) is 5.14. The van der Waals surface area contributed by atoms with E-state index in [1.54, 1.807) is 19.1 Å². The number of hydrogen-bond acceptors (Lipinski definition) is 3. The number of carbonyl (C=O) groups is 1. The molecule has 1 saturated carbocycles. The molecular formula is C11H15NO3. The maximum Gasteiger partial charge on any atom is 0.287 e. The van der Waals surface area contributed by atoms with Crippen molar-refractivity contribution < 1.29 is 14.3 Å². The van der Waals surface area contributed by atoms with Crippen molar-refractivity contribution in [2.75, 3.05) is 6.54 Å². The zero-order valence-corrected chi connectivity index (χ0v) is 8.69. The van der Waals surface area contributed by atoms with Gasteiger partial charge in [0.25, 0.3) is 5.91 Å². The molecular weight excluding hydrogens is 194 g/mol. The van der Waals surface area contributed by atoms with Gasteiger partial charge in [-0.25, -0.2) is 0 Å². The van der Waals surface area contributed by atoms with Gasteiger partial charge in [-0.05, 0) is 37.8 Å². The molecule has 0 aliphatic heterocycles. The Hall–Kier alpha value is -1.29. The Balaban J connectivity index is 1.85. The fourth-order valence-corrected chi connectivity index (χ4v) is 1.60. The van der Waals surface area contributed by atoms with Crippen molar-refractivity contribution in [3.63, 3.8) is 0 Å². The summed E-state index contributed by atoms with van der Waals surface area (Å²) in [5.41, 5.74) is -0.789. The molecule has 0 saturated heterocycles. The van der Waals surface area contributed by atoms with Crippen LogP contribution in [0.1, 0.15) is 30.3 Å². The van der Waals surface area contributed by atoms with Gasteiger partial charge < -0.3 is 14.8 Å². The number of amides is 1. The topological polar surface area (TPSA) is 62.5 Å². The van der Waals surface area contributed by atoms with Crippen molar-refractivity contribution in [1.82, 2.24) is 5.32 Å². The Morgan fingerprint density at radius 2 is 2.47 bits per heavy atom. The Morgan fingerprint density at radius 3 is 3.00 bits per heavy atom. The minimum absolute atomic E-state index is 0.275. The van der Waals surface area contributed by atoms with Crippen LogP contribution in [0.5, 0.6) is 0 Å². The van der Waals surface area contributed by atoms with E-state index in [1.165, 1.54) is 6.26 Å². The number of rotatable bonds is 4. The van der Waals surface area contributed by atoms with Crippen molar-refractivity contribution in [2.24, 2.45) is 5.92 Å². The molecule has 1 aromatic rings. The first-order chi connectivity index (χ1) is 7.09. The second kappa shape index (κ2) is 3.70. The van der Waals surface area contributed by atoms with Crippen molar-refractivity contribution in [3.8, 4) is 0 Å². The molecule has 2 N–H and O–H groups in total. The average molecular weight is 209 g/mol. The first kappa shape index (κ1) is 10.2. The summed E-state index contributed by atoms with van der Waals surface area (Å²) in [5, 5.41) is 12.6. The van der Waals surface area contributed by atoms with Crippen LogP contribution in [0.4, 0.5) is 0 Å². The lowest BCUT2D eigenvalue weighted by atomic mass is 10.0. The Morgan fingerprint density at radius 1 is 1.73 bits per heavy atom. The molecule has 1 atom stereocenters. The molecule has 82 valence electrons. The van der Waals surface area contributed by atoms with Crippen LogP contribution in [0.2, 0.25) is 0 Å². The summed E-state index contributed by atoms with van der Waals surface area (Å²) < 4.78 is 4.94. The van der Waals surface area contributed by atoms with Gasteiger partial charge in [0.1, 0.15) is 0 Å². The second-order valence-electron chi connectivity index (χ2n) is 4.29. The van der Waals surface area contributed by atoms with Gasteiger partial charge in [0.2, 0.25) is 0 Å². The number of nitrogens with one attached hydrogen (secondary N) is 1. The van der Waals surface area contributed by atoms with Crippen LogP contribution in [-0.2, 0) is 0 Å². The zero-order valence-electron chi connectivity index (χ0n) is 8.69. The quantitative estimate of drug-likeness (QED) is 0.782. The number of carbonyl (C=O) groups excluding carboxylic acids is 1. The molecule has 4 nitrogen and oxygen atoms in total. The third kappa shape index (κ3) is 2.39. The SMILES string of the molecule is C[C@](O)(CNC(=O)c1ccco1)C1CC1. The van der Waals surface area contributed by atoms with Crippen LogP contribution in [0.15, 0.2) is 22.8 Å². The van der Waals surface area contributed by atoms with Crippen molar-refractivity contribution in [3.05, 3.63) is 24.2 Å². The fourth-order valence-electron chi connectivity index (χ4n) is 1.60. The molecule has 1 fully saturated rings. The van der Waals surface area contributed by atoms with E-state index in [9.17, 15) is 9.90 Å². The van der Waals surface area contributed by atoms with Gasteiger partial charge in [0.05, 0.1) is 11.9 Å². The Kier molecular flexibility index (Phi) is 2.52. The number of aliphatic hydroxyl groups is 1. The predicted octanol–water partition coefficient (Wildman–Crippen LogP) is 1.17. The lowest BCUT2D eigenvalue weighted by Crippen LogP contribution is -2.42. The average Bonchev–Trinajstić information content (AvgIpc) is 2.92. The first-order valence-corrected chi connectivity index (χ1v) is 5.14. The van der Waals surface area contributed by atoms with Crippen LogP contribution < -0.4 is 5.32 Å². The summed E-state index contributed by atoms with van der Waals surface area (Å²) in [6, 6.07) is 3.26. The third-order valence-corrected chi connectivity index (χ3v) is 2.81. The molecule has 0 unspecified atom stereocenters. The highest BCUT2D eigenvalue weighted by atomic mass is 16.3. The van der Waals surface area contributed by atoms with E-state index in [-0.39, 0.29) is 18.2 Å². The van der Waals surface area contributed by atoms with Crippen LogP contribution in [0.25, 0.3) is 0 Å². The van der Waals surface area contributed by atoms with E-state index in [2.05, 4.69) is 5.32 Å². The van der Waals surface area contributed by atoms with E-state index in [0.29, 0.717) is 5.92 Å². The van der Waals surface area contributed by atoms with E-state index in [4.69, 9.17) is 4.42 Å². The van der Waals surface area contributed by atoms with Crippen LogP contribution in [0, 0.1) is 5.92 Å². The molecule has 1 heterocycles. The molecule has 0 bridgehead atoms. The Labute approximate surface area is 88.3 Å². The van der Waals surface area contributed by atoms with Crippen molar-refractivity contribution in [1.29, 1.82) is 0 Å². The summed E-state index contributed by atoms with van der Waals surface area (Å²) in [7, 11) is 0. The second-order valence-corrected chi connectivity index (χ2v) is 4.29. The summed E-state index contributed by atoms with van der Waals surface area (Å²) in [4.78, 5) is 11.5. The summed E-state index contributed by atoms with van der Waals surface area (Å²) in [6.45, 7) is 2.03. The maximum absolute atomic E-state index is 11.5. The molecule has 15 heavy (non-hydrogen) atoms. The lowest BCUT2D eigenvalue weighted by Gasteiger charge is -2.22. The van der Waals surface area contributed by atoms with Gasteiger partial charge in [-0.15, -0.1) is 0 Å². The standard InChI is InChI=1S/C11H15NO3/c1-11(14,8-4-5-8)7-12-10(13)9-3-2-6-15-9/h2-3,6,8,14H,4-5,7H2,1H3,(H,12,13)/t11-/m0/s1. The van der Waals surface area contributed by atoms with Crippen LogP contribution >= 0.6 is 0 Å². The van der Waals surface area contributed by atoms with Crippen LogP contribution in [0.3, 0.4) is 0 Å². The minimum Gasteiger partial charge on any atom is -0.459 e. The fraction of sp³-hybridized carbons (Fsp3) is 0.545. The van der Waals surface area contributed by atoms with Gasteiger partial charge >= 0.3 is 0 Å².